The smallest absolute Gasteiger partial charge is 0.245 e. The van der Waals surface area contributed by atoms with E-state index in [0.29, 0.717) is 32.4 Å². The Balaban J connectivity index is 2.56. The van der Waals surface area contributed by atoms with E-state index in [2.05, 4.69) is 5.32 Å². The van der Waals surface area contributed by atoms with Gasteiger partial charge < -0.3 is 15.3 Å². The molecule has 1 heterocycles. The molecule has 0 saturated carbocycles. The van der Waals surface area contributed by atoms with Gasteiger partial charge in [0.25, 0.3) is 0 Å². The number of unbranched alkanes of at least 4 members (excludes halogenated alkanes) is 1. The first kappa shape index (κ1) is 13.0. The van der Waals surface area contributed by atoms with Crippen LogP contribution >= 0.6 is 0 Å². The summed E-state index contributed by atoms with van der Waals surface area (Å²) in [6.07, 6.45) is 1.70. The normalized spacial score (nSPS) is 19.4. The Hall–Kier alpha value is -1.10. The summed E-state index contributed by atoms with van der Waals surface area (Å²) in [5, 5.41) is 11.4. The summed E-state index contributed by atoms with van der Waals surface area (Å²) < 4.78 is 0. The molecule has 0 bridgehead atoms. The largest absolute Gasteiger partial charge is 0.396 e. The van der Waals surface area contributed by atoms with Gasteiger partial charge in [-0.05, 0) is 26.7 Å². The zero-order valence-corrected chi connectivity index (χ0v) is 9.95. The first-order valence-electron chi connectivity index (χ1n) is 5.70. The summed E-state index contributed by atoms with van der Waals surface area (Å²) in [6, 6.07) is 0. The van der Waals surface area contributed by atoms with Gasteiger partial charge in [-0.15, -0.1) is 0 Å². The van der Waals surface area contributed by atoms with Crippen LogP contribution in [0.1, 0.15) is 33.1 Å². The number of carbonyl (C=O) groups excluding carboxylic acids is 2. The van der Waals surface area contributed by atoms with Crippen molar-refractivity contribution in [1.82, 2.24) is 10.2 Å². The first-order valence-corrected chi connectivity index (χ1v) is 5.70. The molecule has 1 aliphatic heterocycles. The zero-order valence-electron chi connectivity index (χ0n) is 9.95. The molecular formula is C11H20N2O3. The average Bonchev–Trinajstić information content (AvgIpc) is 2.22. The van der Waals surface area contributed by atoms with Crippen molar-refractivity contribution >= 4 is 11.8 Å². The number of rotatable bonds is 4. The summed E-state index contributed by atoms with van der Waals surface area (Å²) in [5.74, 6) is -0.109. The van der Waals surface area contributed by atoms with Crippen LogP contribution in [0.2, 0.25) is 0 Å². The summed E-state index contributed by atoms with van der Waals surface area (Å²) in [6.45, 7) is 4.71. The maximum Gasteiger partial charge on any atom is 0.245 e. The van der Waals surface area contributed by atoms with E-state index in [1.165, 1.54) is 0 Å². The Kier molecular flexibility index (Phi) is 4.29. The second-order valence-electron chi connectivity index (χ2n) is 4.54. The molecule has 1 aliphatic rings. The fourth-order valence-electron chi connectivity index (χ4n) is 1.86. The molecule has 0 atom stereocenters. The molecule has 0 spiro atoms. The third kappa shape index (κ3) is 2.72. The number of piperazine rings is 1. The summed E-state index contributed by atoms with van der Waals surface area (Å²) in [7, 11) is 0. The average molecular weight is 228 g/mol. The van der Waals surface area contributed by atoms with Crippen LogP contribution in [0.5, 0.6) is 0 Å². The molecule has 0 unspecified atom stereocenters. The maximum absolute atomic E-state index is 11.9. The van der Waals surface area contributed by atoms with Gasteiger partial charge in [-0.1, -0.05) is 0 Å². The van der Waals surface area contributed by atoms with Crippen molar-refractivity contribution in [3.8, 4) is 0 Å². The van der Waals surface area contributed by atoms with E-state index in [1.54, 1.807) is 18.7 Å². The molecule has 2 amide bonds. The Bertz CT molecular complexity index is 276. The van der Waals surface area contributed by atoms with Crippen LogP contribution in [0, 0.1) is 0 Å². The number of hydrogen-bond donors (Lipinski definition) is 2. The highest BCUT2D eigenvalue weighted by Crippen LogP contribution is 2.19. The fourth-order valence-corrected chi connectivity index (χ4v) is 1.86. The van der Waals surface area contributed by atoms with E-state index < -0.39 is 5.54 Å². The number of amides is 2. The highest BCUT2D eigenvalue weighted by Gasteiger charge is 2.39. The van der Waals surface area contributed by atoms with Gasteiger partial charge in [0.05, 0.1) is 0 Å². The van der Waals surface area contributed by atoms with Crippen molar-refractivity contribution in [2.45, 2.75) is 38.6 Å². The lowest BCUT2D eigenvalue weighted by molar-refractivity contribution is -0.149. The zero-order chi connectivity index (χ0) is 12.2. The second-order valence-corrected chi connectivity index (χ2v) is 4.54. The lowest BCUT2D eigenvalue weighted by Gasteiger charge is -2.41. The van der Waals surface area contributed by atoms with Gasteiger partial charge in [0.2, 0.25) is 11.8 Å². The highest BCUT2D eigenvalue weighted by atomic mass is 16.3. The standard InChI is InChI=1S/C11H20N2O3/c1-11(2)10(16)12-6-7-13(11)9(15)5-3-4-8-14/h14H,3-8H2,1-2H3,(H,12,16). The molecule has 1 rings (SSSR count). The third-order valence-corrected chi connectivity index (χ3v) is 2.95. The van der Waals surface area contributed by atoms with Crippen LogP contribution < -0.4 is 5.32 Å². The number of carbonyl (C=O) groups is 2. The van der Waals surface area contributed by atoms with E-state index in [0.717, 1.165) is 0 Å². The Morgan fingerprint density at radius 3 is 2.81 bits per heavy atom. The van der Waals surface area contributed by atoms with Crippen LogP contribution in [0.4, 0.5) is 0 Å². The summed E-state index contributed by atoms with van der Waals surface area (Å²) >= 11 is 0. The lowest BCUT2D eigenvalue weighted by atomic mass is 9.98. The van der Waals surface area contributed by atoms with E-state index in [9.17, 15) is 9.59 Å². The van der Waals surface area contributed by atoms with Gasteiger partial charge in [0, 0.05) is 26.1 Å². The van der Waals surface area contributed by atoms with E-state index in [1.807, 2.05) is 0 Å². The van der Waals surface area contributed by atoms with Crippen molar-refractivity contribution in [2.75, 3.05) is 19.7 Å². The molecule has 16 heavy (non-hydrogen) atoms. The van der Waals surface area contributed by atoms with Crippen molar-refractivity contribution in [3.63, 3.8) is 0 Å². The number of hydrogen-bond acceptors (Lipinski definition) is 3. The topological polar surface area (TPSA) is 69.6 Å². The van der Waals surface area contributed by atoms with Crippen molar-refractivity contribution in [3.05, 3.63) is 0 Å². The molecule has 0 aliphatic carbocycles. The number of aliphatic hydroxyl groups excluding tert-OH is 1. The SMILES string of the molecule is CC1(C)C(=O)NCCN1C(=O)CCCCO. The van der Waals surface area contributed by atoms with Crippen molar-refractivity contribution < 1.29 is 14.7 Å². The predicted molar refractivity (Wildman–Crippen MR) is 59.7 cm³/mol. The Morgan fingerprint density at radius 1 is 1.50 bits per heavy atom. The van der Waals surface area contributed by atoms with Gasteiger partial charge in [0.15, 0.2) is 0 Å². The molecule has 5 heteroatoms. The van der Waals surface area contributed by atoms with Gasteiger partial charge in [-0.25, -0.2) is 0 Å². The molecule has 5 nitrogen and oxygen atoms in total. The number of nitrogens with zero attached hydrogens (tertiary/aromatic N) is 1. The third-order valence-electron chi connectivity index (χ3n) is 2.95. The van der Waals surface area contributed by atoms with Gasteiger partial charge in [-0.3, -0.25) is 9.59 Å². The Morgan fingerprint density at radius 2 is 2.19 bits per heavy atom. The molecule has 0 aromatic heterocycles. The second kappa shape index (κ2) is 5.30. The minimum absolute atomic E-state index is 0.00620. The monoisotopic (exact) mass is 228 g/mol. The highest BCUT2D eigenvalue weighted by molar-refractivity contribution is 5.91. The van der Waals surface area contributed by atoms with Crippen LogP contribution in [0.3, 0.4) is 0 Å². The van der Waals surface area contributed by atoms with Gasteiger partial charge in [-0.2, -0.15) is 0 Å². The molecule has 1 fully saturated rings. The molecule has 0 aromatic carbocycles. The first-order chi connectivity index (χ1) is 7.50. The molecule has 92 valence electrons. The summed E-state index contributed by atoms with van der Waals surface area (Å²) in [5.41, 5.74) is -0.755. The molecular weight excluding hydrogens is 208 g/mol. The van der Waals surface area contributed by atoms with Crippen LogP contribution in [0.15, 0.2) is 0 Å². The molecule has 0 radical (unpaired) electrons. The van der Waals surface area contributed by atoms with Crippen LogP contribution in [-0.4, -0.2) is 47.1 Å². The van der Waals surface area contributed by atoms with E-state index in [4.69, 9.17) is 5.11 Å². The minimum Gasteiger partial charge on any atom is -0.396 e. The number of nitrogens with one attached hydrogen (secondary N) is 1. The quantitative estimate of drug-likeness (QED) is 0.659. The number of aliphatic hydroxyl groups is 1. The van der Waals surface area contributed by atoms with Crippen molar-refractivity contribution in [2.24, 2.45) is 0 Å². The van der Waals surface area contributed by atoms with Gasteiger partial charge >= 0.3 is 0 Å². The van der Waals surface area contributed by atoms with E-state index >= 15 is 0 Å². The van der Waals surface area contributed by atoms with Gasteiger partial charge in [0.1, 0.15) is 5.54 Å². The molecule has 0 aromatic rings. The van der Waals surface area contributed by atoms with Crippen LogP contribution in [0.25, 0.3) is 0 Å². The van der Waals surface area contributed by atoms with Crippen LogP contribution in [-0.2, 0) is 9.59 Å². The predicted octanol–water partition coefficient (Wildman–Crippen LogP) is -0.114. The minimum atomic E-state index is -0.755. The molecule has 2 N–H and O–H groups in total. The summed E-state index contributed by atoms with van der Waals surface area (Å²) in [4.78, 5) is 25.1. The van der Waals surface area contributed by atoms with Crippen molar-refractivity contribution in [1.29, 1.82) is 0 Å². The van der Waals surface area contributed by atoms with E-state index in [-0.39, 0.29) is 18.4 Å². The lowest BCUT2D eigenvalue weighted by Crippen LogP contribution is -2.63. The molecule has 1 saturated heterocycles. The fraction of sp³-hybridized carbons (Fsp3) is 0.818. The Labute approximate surface area is 95.8 Å². The maximum atomic E-state index is 11.9.